The van der Waals surface area contributed by atoms with E-state index in [-0.39, 0.29) is 53.2 Å². The van der Waals surface area contributed by atoms with E-state index in [1.54, 1.807) is 26.0 Å². The van der Waals surface area contributed by atoms with Crippen LogP contribution in [0.25, 0.3) is 0 Å². The van der Waals surface area contributed by atoms with E-state index >= 15 is 0 Å². The molecular weight excluding hydrogens is 416 g/mol. The van der Waals surface area contributed by atoms with Gasteiger partial charge in [0.05, 0.1) is 0 Å². The number of aryl methyl sites for hydroxylation is 1. The molecule has 0 spiro atoms. The molecule has 1 aromatic heterocycles. The van der Waals surface area contributed by atoms with Gasteiger partial charge in [-0.3, -0.25) is 9.59 Å². The normalized spacial score (nSPS) is 12.6. The van der Waals surface area contributed by atoms with E-state index in [2.05, 4.69) is 10.3 Å². The summed E-state index contributed by atoms with van der Waals surface area (Å²) in [4.78, 5) is 30.5. The average Bonchev–Trinajstić information content (AvgIpc) is 3.08. The zero-order valence-electron chi connectivity index (χ0n) is 17.6. The molecule has 0 saturated heterocycles. The number of carbonyl (C=O) groups excluding carboxylic acids is 2. The van der Waals surface area contributed by atoms with E-state index in [9.17, 15) is 18.4 Å². The molecule has 0 saturated carbocycles. The van der Waals surface area contributed by atoms with Crippen molar-refractivity contribution >= 4 is 11.8 Å². The Kier molecular flexibility index (Phi) is 5.85. The first-order chi connectivity index (χ1) is 15.4. The predicted octanol–water partition coefficient (Wildman–Crippen LogP) is 4.37. The van der Waals surface area contributed by atoms with Gasteiger partial charge in [0, 0.05) is 37.0 Å². The van der Waals surface area contributed by atoms with Crippen LogP contribution in [-0.2, 0) is 13.1 Å². The van der Waals surface area contributed by atoms with Gasteiger partial charge in [0.1, 0.15) is 11.4 Å². The Bertz CT molecular complexity index is 1210. The lowest BCUT2D eigenvalue weighted by Gasteiger charge is -2.16. The highest BCUT2D eigenvalue weighted by Gasteiger charge is 2.32. The molecule has 32 heavy (non-hydrogen) atoms. The van der Waals surface area contributed by atoms with Crippen LogP contribution in [0.15, 0.2) is 48.7 Å². The Morgan fingerprint density at radius 2 is 1.97 bits per heavy atom. The number of carbonyl (C=O) groups is 2. The predicted molar refractivity (Wildman–Crippen MR) is 113 cm³/mol. The van der Waals surface area contributed by atoms with Gasteiger partial charge in [-0.25, -0.2) is 13.8 Å². The number of nitrogens with zero attached hydrogens (tertiary/aromatic N) is 2. The Hall–Kier alpha value is -3.81. The van der Waals surface area contributed by atoms with Crippen molar-refractivity contribution in [3.05, 3.63) is 88.1 Å². The summed E-state index contributed by atoms with van der Waals surface area (Å²) >= 11 is 0. The second kappa shape index (κ2) is 8.74. The summed E-state index contributed by atoms with van der Waals surface area (Å²) in [5.74, 6) is -1.91. The van der Waals surface area contributed by atoms with Crippen LogP contribution < -0.4 is 10.1 Å². The second-order valence-corrected chi connectivity index (χ2v) is 7.51. The molecule has 2 amide bonds. The van der Waals surface area contributed by atoms with Crippen LogP contribution in [0.2, 0.25) is 0 Å². The van der Waals surface area contributed by atoms with Gasteiger partial charge >= 0.3 is 0 Å². The first-order valence-electron chi connectivity index (χ1n) is 10.1. The highest BCUT2D eigenvalue weighted by atomic mass is 19.1. The van der Waals surface area contributed by atoms with E-state index in [4.69, 9.17) is 4.74 Å². The van der Waals surface area contributed by atoms with Crippen LogP contribution in [0.5, 0.6) is 11.6 Å². The topological polar surface area (TPSA) is 71.5 Å². The molecule has 1 aliphatic rings. The maximum absolute atomic E-state index is 14.6. The van der Waals surface area contributed by atoms with Crippen molar-refractivity contribution in [1.82, 2.24) is 15.2 Å². The minimum Gasteiger partial charge on any atom is -0.435 e. The average molecular weight is 437 g/mol. The molecule has 164 valence electrons. The molecule has 0 radical (unpaired) electrons. The van der Waals surface area contributed by atoms with Crippen LogP contribution in [0.4, 0.5) is 8.78 Å². The summed E-state index contributed by atoms with van der Waals surface area (Å²) in [6, 6.07) is 10.4. The van der Waals surface area contributed by atoms with Crippen LogP contribution in [0.1, 0.15) is 44.3 Å². The molecule has 1 N–H and O–H groups in total. The number of hydrogen-bond acceptors (Lipinski definition) is 4. The molecule has 2 aromatic carbocycles. The maximum atomic E-state index is 14.6. The van der Waals surface area contributed by atoms with Gasteiger partial charge in [0.15, 0.2) is 11.6 Å². The molecule has 4 rings (SSSR count). The SMILES string of the molecule is CCNC(=O)c1ccc(CN2Cc3ccnc(Oc4ccc(C)cc4F)c3C2=O)c(F)c1. The lowest BCUT2D eigenvalue weighted by molar-refractivity contribution is 0.0762. The number of rotatable bonds is 6. The van der Waals surface area contributed by atoms with Gasteiger partial charge in [-0.05, 0) is 55.3 Å². The zero-order valence-corrected chi connectivity index (χ0v) is 17.6. The van der Waals surface area contributed by atoms with Crippen molar-refractivity contribution in [1.29, 1.82) is 0 Å². The van der Waals surface area contributed by atoms with E-state index in [0.717, 1.165) is 11.6 Å². The molecule has 1 aliphatic heterocycles. The van der Waals surface area contributed by atoms with Crippen LogP contribution in [0.3, 0.4) is 0 Å². The zero-order chi connectivity index (χ0) is 22.8. The third-order valence-corrected chi connectivity index (χ3v) is 5.17. The largest absolute Gasteiger partial charge is 0.435 e. The number of hydrogen-bond donors (Lipinski definition) is 1. The molecule has 8 heteroatoms. The fourth-order valence-corrected chi connectivity index (χ4v) is 3.56. The summed E-state index contributed by atoms with van der Waals surface area (Å²) in [5, 5.41) is 2.62. The molecule has 0 unspecified atom stereocenters. The third kappa shape index (κ3) is 4.16. The minimum atomic E-state index is -0.575. The lowest BCUT2D eigenvalue weighted by atomic mass is 10.1. The molecule has 3 aromatic rings. The Morgan fingerprint density at radius 1 is 1.16 bits per heavy atom. The Morgan fingerprint density at radius 3 is 2.69 bits per heavy atom. The monoisotopic (exact) mass is 437 g/mol. The van der Waals surface area contributed by atoms with Crippen LogP contribution in [-0.4, -0.2) is 28.2 Å². The van der Waals surface area contributed by atoms with Gasteiger partial charge in [0.2, 0.25) is 5.88 Å². The Balaban J connectivity index is 1.55. The number of aromatic nitrogens is 1. The minimum absolute atomic E-state index is 0.00445. The maximum Gasteiger partial charge on any atom is 0.260 e. The lowest BCUT2D eigenvalue weighted by Crippen LogP contribution is -2.25. The third-order valence-electron chi connectivity index (χ3n) is 5.17. The summed E-state index contributed by atoms with van der Waals surface area (Å²) in [6.45, 7) is 4.22. The fourth-order valence-electron chi connectivity index (χ4n) is 3.56. The number of ether oxygens (including phenoxy) is 1. The van der Waals surface area contributed by atoms with E-state index in [1.165, 1.54) is 35.4 Å². The Labute approximate surface area is 183 Å². The number of pyridine rings is 1. The van der Waals surface area contributed by atoms with Gasteiger partial charge in [0.25, 0.3) is 11.8 Å². The molecule has 6 nitrogen and oxygen atoms in total. The molecule has 0 fully saturated rings. The van der Waals surface area contributed by atoms with Crippen molar-refractivity contribution < 1.29 is 23.1 Å². The van der Waals surface area contributed by atoms with Crippen molar-refractivity contribution in [2.75, 3.05) is 6.54 Å². The first-order valence-corrected chi connectivity index (χ1v) is 10.1. The van der Waals surface area contributed by atoms with Gasteiger partial charge in [-0.15, -0.1) is 0 Å². The van der Waals surface area contributed by atoms with Gasteiger partial charge in [-0.2, -0.15) is 0 Å². The van der Waals surface area contributed by atoms with Crippen molar-refractivity contribution in [2.24, 2.45) is 0 Å². The van der Waals surface area contributed by atoms with Crippen molar-refractivity contribution in [3.63, 3.8) is 0 Å². The van der Waals surface area contributed by atoms with E-state index < -0.39 is 11.6 Å². The number of amides is 2. The molecule has 0 aliphatic carbocycles. The number of halogens is 2. The smallest absolute Gasteiger partial charge is 0.260 e. The van der Waals surface area contributed by atoms with Crippen molar-refractivity contribution in [3.8, 4) is 11.6 Å². The van der Waals surface area contributed by atoms with E-state index in [0.29, 0.717) is 12.1 Å². The highest BCUT2D eigenvalue weighted by molar-refractivity contribution is 6.00. The van der Waals surface area contributed by atoms with Crippen molar-refractivity contribution in [2.45, 2.75) is 26.9 Å². The second-order valence-electron chi connectivity index (χ2n) is 7.51. The number of nitrogens with one attached hydrogen (secondary N) is 1. The quantitative estimate of drug-likeness (QED) is 0.622. The van der Waals surface area contributed by atoms with Gasteiger partial charge in [-0.1, -0.05) is 12.1 Å². The van der Waals surface area contributed by atoms with Gasteiger partial charge < -0.3 is 15.0 Å². The summed E-state index contributed by atoms with van der Waals surface area (Å²) < 4.78 is 34.4. The summed E-state index contributed by atoms with van der Waals surface area (Å²) in [6.07, 6.45) is 1.48. The molecule has 2 heterocycles. The number of benzene rings is 2. The van der Waals surface area contributed by atoms with E-state index in [1.807, 2.05) is 0 Å². The standard InChI is InChI=1S/C24H21F2N3O3/c1-3-27-22(30)15-5-6-16(18(25)11-15)12-29-13-17-8-9-28-23(21(17)24(29)31)32-20-7-4-14(2)10-19(20)26/h4-11H,3,12-13H2,1-2H3,(H,27,30). The molecular formula is C24H21F2N3O3. The number of fused-ring (bicyclic) bond motifs is 1. The fraction of sp³-hybridized carbons (Fsp3) is 0.208. The first kappa shape index (κ1) is 21.4. The van der Waals surface area contributed by atoms with Crippen LogP contribution in [0, 0.1) is 18.6 Å². The molecule has 0 bridgehead atoms. The summed E-state index contributed by atoms with van der Waals surface area (Å²) in [7, 11) is 0. The molecule has 0 atom stereocenters. The van der Waals surface area contributed by atoms with Crippen LogP contribution >= 0.6 is 0 Å². The summed E-state index contributed by atoms with van der Waals surface area (Å²) in [5.41, 5.74) is 2.12. The highest BCUT2D eigenvalue weighted by Crippen LogP contribution is 2.34.